The van der Waals surface area contributed by atoms with E-state index in [0.29, 0.717) is 48.9 Å². The smallest absolute Gasteiger partial charge is 0.241 e. The van der Waals surface area contributed by atoms with E-state index in [9.17, 15) is 13.2 Å². The van der Waals surface area contributed by atoms with Gasteiger partial charge in [-0.3, -0.25) is 4.79 Å². The van der Waals surface area contributed by atoms with E-state index in [2.05, 4.69) is 10.6 Å². The Bertz CT molecular complexity index is 666. The minimum absolute atomic E-state index is 0.292. The number of amides is 1. The van der Waals surface area contributed by atoms with E-state index < -0.39 is 20.5 Å². The minimum atomic E-state index is -3.49. The summed E-state index contributed by atoms with van der Waals surface area (Å²) in [5.41, 5.74) is 0.890. The second-order valence-electron chi connectivity index (χ2n) is 5.80. The van der Waals surface area contributed by atoms with Gasteiger partial charge in [0.15, 0.2) is 14.6 Å². The van der Waals surface area contributed by atoms with Crippen LogP contribution in [-0.2, 0) is 21.1 Å². The first kappa shape index (κ1) is 18.5. The van der Waals surface area contributed by atoms with Gasteiger partial charge in [0.2, 0.25) is 5.91 Å². The highest BCUT2D eigenvalue weighted by atomic mass is 35.5. The van der Waals surface area contributed by atoms with Gasteiger partial charge in [0, 0.05) is 22.8 Å². The highest BCUT2D eigenvalue weighted by Crippen LogP contribution is 2.28. The van der Waals surface area contributed by atoms with Crippen molar-refractivity contribution in [1.82, 2.24) is 10.6 Å². The molecule has 1 aliphatic rings. The summed E-state index contributed by atoms with van der Waals surface area (Å²) in [6.45, 7) is 1.37. The molecule has 1 heterocycles. The van der Waals surface area contributed by atoms with Crippen molar-refractivity contribution in [2.75, 3.05) is 25.9 Å². The molecule has 128 valence electrons. The van der Waals surface area contributed by atoms with Gasteiger partial charge in [-0.25, -0.2) is 8.42 Å². The zero-order valence-corrected chi connectivity index (χ0v) is 15.2. The lowest BCUT2D eigenvalue weighted by molar-refractivity contribution is -0.124. The molecule has 2 N–H and O–H groups in total. The molecule has 0 spiro atoms. The number of hydrogen-bond acceptors (Lipinski definition) is 4. The topological polar surface area (TPSA) is 75.3 Å². The summed E-state index contributed by atoms with van der Waals surface area (Å²) < 4.78 is 23.0. The molecule has 5 nitrogen and oxygen atoms in total. The summed E-state index contributed by atoms with van der Waals surface area (Å²) >= 11 is 11.9. The molecule has 0 aliphatic carbocycles. The first-order valence-electron chi connectivity index (χ1n) is 7.38. The molecule has 0 radical (unpaired) electrons. The number of halogens is 2. The Labute approximate surface area is 146 Å². The average molecular weight is 379 g/mol. The van der Waals surface area contributed by atoms with Crippen LogP contribution in [0.5, 0.6) is 0 Å². The van der Waals surface area contributed by atoms with Crippen LogP contribution in [0.1, 0.15) is 18.4 Å². The Morgan fingerprint density at radius 2 is 1.78 bits per heavy atom. The lowest BCUT2D eigenvalue weighted by Gasteiger charge is -2.34. The molecule has 0 aromatic heterocycles. The molecule has 1 aromatic rings. The van der Waals surface area contributed by atoms with E-state index in [1.165, 1.54) is 0 Å². The van der Waals surface area contributed by atoms with Crippen molar-refractivity contribution in [1.29, 1.82) is 0 Å². The maximum absolute atomic E-state index is 12.5. The molecular formula is C15H20Cl2N2O3S. The lowest BCUT2D eigenvalue weighted by Crippen LogP contribution is -2.57. The van der Waals surface area contributed by atoms with E-state index in [0.717, 1.165) is 11.8 Å². The first-order valence-corrected chi connectivity index (χ1v) is 10.0. The van der Waals surface area contributed by atoms with Gasteiger partial charge in [-0.1, -0.05) is 23.2 Å². The van der Waals surface area contributed by atoms with Crippen LogP contribution in [0, 0.1) is 0 Å². The van der Waals surface area contributed by atoms with Gasteiger partial charge in [-0.15, -0.1) is 0 Å². The van der Waals surface area contributed by atoms with Crippen molar-refractivity contribution in [3.8, 4) is 0 Å². The molecular weight excluding hydrogens is 359 g/mol. The van der Waals surface area contributed by atoms with Gasteiger partial charge in [-0.2, -0.15) is 0 Å². The Hall–Kier alpha value is -0.820. The van der Waals surface area contributed by atoms with Crippen LogP contribution in [-0.4, -0.2) is 45.0 Å². The minimum Gasteiger partial charge on any atom is -0.354 e. The Morgan fingerprint density at radius 3 is 2.30 bits per heavy atom. The average Bonchev–Trinajstić information content (AvgIpc) is 2.45. The van der Waals surface area contributed by atoms with Crippen LogP contribution < -0.4 is 10.6 Å². The monoisotopic (exact) mass is 378 g/mol. The van der Waals surface area contributed by atoms with Gasteiger partial charge in [0.25, 0.3) is 0 Å². The van der Waals surface area contributed by atoms with Crippen LogP contribution in [0.2, 0.25) is 10.0 Å². The van der Waals surface area contributed by atoms with Gasteiger partial charge >= 0.3 is 0 Å². The molecule has 1 aromatic carbocycles. The predicted octanol–water partition coefficient (Wildman–Crippen LogP) is 1.82. The summed E-state index contributed by atoms with van der Waals surface area (Å²) in [5, 5.41) is 6.91. The fourth-order valence-electron chi connectivity index (χ4n) is 2.83. The summed E-state index contributed by atoms with van der Waals surface area (Å²) in [6, 6.07) is 5.19. The number of benzene rings is 1. The van der Waals surface area contributed by atoms with E-state index in [-0.39, 0.29) is 0 Å². The van der Waals surface area contributed by atoms with Crippen LogP contribution in [0.4, 0.5) is 0 Å². The number of carbonyl (C=O) groups is 1. The van der Waals surface area contributed by atoms with Crippen molar-refractivity contribution in [2.45, 2.75) is 24.0 Å². The highest BCUT2D eigenvalue weighted by molar-refractivity contribution is 7.92. The third kappa shape index (κ3) is 4.38. The summed E-state index contributed by atoms with van der Waals surface area (Å²) in [7, 11) is -3.49. The van der Waals surface area contributed by atoms with Crippen molar-refractivity contribution in [3.63, 3.8) is 0 Å². The normalized spacial score (nSPS) is 17.7. The first-order chi connectivity index (χ1) is 10.7. The van der Waals surface area contributed by atoms with Crippen molar-refractivity contribution >= 4 is 38.9 Å². The zero-order valence-electron chi connectivity index (χ0n) is 12.9. The number of piperidine rings is 1. The standard InChI is InChI=1S/C15H20Cl2N2O3S/c1-23(21,22)15(3-6-18-7-4-15)14(20)19-5-2-11-8-12(16)10-13(17)9-11/h8-10,18H,2-7H2,1H3,(H,19,20). The maximum Gasteiger partial charge on any atom is 0.241 e. The molecule has 0 unspecified atom stereocenters. The van der Waals surface area contributed by atoms with Gasteiger partial charge < -0.3 is 10.6 Å². The summed E-state index contributed by atoms with van der Waals surface area (Å²) in [6.07, 6.45) is 2.25. The number of carbonyl (C=O) groups excluding carboxylic acids is 1. The lowest BCUT2D eigenvalue weighted by atomic mass is 9.95. The maximum atomic E-state index is 12.5. The van der Waals surface area contributed by atoms with Crippen molar-refractivity contribution < 1.29 is 13.2 Å². The van der Waals surface area contributed by atoms with Gasteiger partial charge in [0.1, 0.15) is 0 Å². The van der Waals surface area contributed by atoms with E-state index in [4.69, 9.17) is 23.2 Å². The third-order valence-electron chi connectivity index (χ3n) is 4.16. The summed E-state index contributed by atoms with van der Waals surface area (Å²) in [5.74, 6) is -0.422. The fourth-order valence-corrected chi connectivity index (χ4v) is 4.76. The van der Waals surface area contributed by atoms with Crippen LogP contribution in [0.15, 0.2) is 18.2 Å². The predicted molar refractivity (Wildman–Crippen MR) is 92.9 cm³/mol. The highest BCUT2D eigenvalue weighted by Gasteiger charge is 2.48. The molecule has 23 heavy (non-hydrogen) atoms. The molecule has 1 aliphatic heterocycles. The molecule has 0 saturated carbocycles. The van der Waals surface area contributed by atoms with Gasteiger partial charge in [-0.05, 0) is 56.1 Å². The SMILES string of the molecule is CS(=O)(=O)C1(C(=O)NCCc2cc(Cl)cc(Cl)c2)CCNCC1. The van der Waals surface area contributed by atoms with Gasteiger partial charge in [0.05, 0.1) is 0 Å². The largest absolute Gasteiger partial charge is 0.354 e. The second-order valence-corrected chi connectivity index (χ2v) is 9.00. The van der Waals surface area contributed by atoms with Crippen molar-refractivity contribution in [3.05, 3.63) is 33.8 Å². The van der Waals surface area contributed by atoms with E-state index in [1.807, 2.05) is 0 Å². The third-order valence-corrected chi connectivity index (χ3v) is 6.61. The summed E-state index contributed by atoms with van der Waals surface area (Å²) in [4.78, 5) is 12.5. The number of sulfone groups is 1. The van der Waals surface area contributed by atoms with E-state index in [1.54, 1.807) is 18.2 Å². The Kier molecular flexibility index (Phi) is 5.94. The number of rotatable bonds is 5. The Balaban J connectivity index is 2.02. The zero-order chi connectivity index (χ0) is 17.1. The van der Waals surface area contributed by atoms with Crippen LogP contribution in [0.3, 0.4) is 0 Å². The number of hydrogen-bond donors (Lipinski definition) is 2. The molecule has 2 rings (SSSR count). The second kappa shape index (κ2) is 7.38. The van der Waals surface area contributed by atoms with E-state index >= 15 is 0 Å². The molecule has 1 amide bonds. The fraction of sp³-hybridized carbons (Fsp3) is 0.533. The van der Waals surface area contributed by atoms with Crippen LogP contribution in [0.25, 0.3) is 0 Å². The quantitative estimate of drug-likeness (QED) is 0.819. The number of nitrogens with one attached hydrogen (secondary N) is 2. The van der Waals surface area contributed by atoms with Crippen LogP contribution >= 0.6 is 23.2 Å². The molecule has 8 heteroatoms. The molecule has 0 atom stereocenters. The molecule has 1 fully saturated rings. The molecule has 0 bridgehead atoms. The Morgan fingerprint density at radius 1 is 1.22 bits per heavy atom. The molecule has 1 saturated heterocycles. The van der Waals surface area contributed by atoms with Crippen molar-refractivity contribution in [2.24, 2.45) is 0 Å².